The van der Waals surface area contributed by atoms with Gasteiger partial charge >= 0.3 is 0 Å². The number of pyridine rings is 1. The minimum Gasteiger partial charge on any atom is -0.366 e. The zero-order valence-electron chi connectivity index (χ0n) is 13.0. The molecule has 0 bridgehead atoms. The molecule has 118 valence electrons. The number of hydrogen-bond donors (Lipinski definition) is 1. The lowest BCUT2D eigenvalue weighted by atomic mass is 10.1. The van der Waals surface area contributed by atoms with E-state index in [1.54, 1.807) is 12.4 Å². The standard InChI is InChI=1S/C17H20N6/c1-2-9-22(10-3-1)17-11-16(23-15(21-17)6-8-20-23)19-13-14-5-4-7-18-12-14/h4-8,11-12,19H,1-3,9-10,13H2. The SMILES string of the molecule is c1cncc(CNc2cc(N3CCCCC3)nc3ccnn23)c1. The van der Waals surface area contributed by atoms with Crippen molar-refractivity contribution in [1.29, 1.82) is 0 Å². The first-order valence-corrected chi connectivity index (χ1v) is 8.13. The molecule has 0 saturated carbocycles. The summed E-state index contributed by atoms with van der Waals surface area (Å²) in [7, 11) is 0. The van der Waals surface area contributed by atoms with E-state index in [1.165, 1.54) is 19.3 Å². The van der Waals surface area contributed by atoms with Crippen molar-refractivity contribution in [1.82, 2.24) is 19.6 Å². The Bertz CT molecular complexity index is 776. The lowest BCUT2D eigenvalue weighted by Gasteiger charge is -2.28. The van der Waals surface area contributed by atoms with E-state index in [0.717, 1.165) is 35.9 Å². The molecule has 1 aliphatic rings. The second-order valence-corrected chi connectivity index (χ2v) is 5.86. The van der Waals surface area contributed by atoms with Crippen molar-refractivity contribution in [3.8, 4) is 0 Å². The van der Waals surface area contributed by atoms with Crippen molar-refractivity contribution in [3.63, 3.8) is 0 Å². The van der Waals surface area contributed by atoms with Crippen LogP contribution in [0.1, 0.15) is 24.8 Å². The summed E-state index contributed by atoms with van der Waals surface area (Å²) in [4.78, 5) is 11.3. The van der Waals surface area contributed by atoms with Crippen molar-refractivity contribution in [3.05, 3.63) is 48.4 Å². The minimum atomic E-state index is 0.715. The van der Waals surface area contributed by atoms with Crippen LogP contribution < -0.4 is 10.2 Å². The van der Waals surface area contributed by atoms with Gasteiger partial charge < -0.3 is 10.2 Å². The van der Waals surface area contributed by atoms with Crippen LogP contribution in [-0.4, -0.2) is 32.7 Å². The average Bonchev–Trinajstić information content (AvgIpc) is 3.10. The van der Waals surface area contributed by atoms with E-state index in [-0.39, 0.29) is 0 Å². The first-order chi connectivity index (χ1) is 11.4. The molecule has 1 fully saturated rings. The van der Waals surface area contributed by atoms with Crippen LogP contribution in [0.5, 0.6) is 0 Å². The van der Waals surface area contributed by atoms with E-state index >= 15 is 0 Å². The Balaban J connectivity index is 1.62. The number of rotatable bonds is 4. The molecule has 3 aromatic heterocycles. The second-order valence-electron chi connectivity index (χ2n) is 5.86. The van der Waals surface area contributed by atoms with E-state index < -0.39 is 0 Å². The fourth-order valence-electron chi connectivity index (χ4n) is 3.01. The van der Waals surface area contributed by atoms with Gasteiger partial charge in [0.2, 0.25) is 0 Å². The van der Waals surface area contributed by atoms with Crippen molar-refractivity contribution < 1.29 is 0 Å². The first kappa shape index (κ1) is 14.0. The summed E-state index contributed by atoms with van der Waals surface area (Å²) in [6.45, 7) is 2.88. The van der Waals surface area contributed by atoms with Gasteiger partial charge in [-0.25, -0.2) is 4.98 Å². The van der Waals surface area contributed by atoms with Gasteiger partial charge in [-0.05, 0) is 30.9 Å². The highest BCUT2D eigenvalue weighted by molar-refractivity contribution is 5.58. The molecule has 0 unspecified atom stereocenters. The molecule has 6 heteroatoms. The summed E-state index contributed by atoms with van der Waals surface area (Å²) >= 11 is 0. The van der Waals surface area contributed by atoms with Crippen LogP contribution in [0.2, 0.25) is 0 Å². The van der Waals surface area contributed by atoms with Crippen LogP contribution >= 0.6 is 0 Å². The van der Waals surface area contributed by atoms with E-state index in [9.17, 15) is 0 Å². The largest absolute Gasteiger partial charge is 0.366 e. The molecule has 0 spiro atoms. The summed E-state index contributed by atoms with van der Waals surface area (Å²) in [6, 6.07) is 8.06. The highest BCUT2D eigenvalue weighted by Crippen LogP contribution is 2.22. The Hall–Kier alpha value is -2.63. The third-order valence-corrected chi connectivity index (χ3v) is 4.22. The van der Waals surface area contributed by atoms with E-state index in [1.807, 2.05) is 22.8 Å². The van der Waals surface area contributed by atoms with Gasteiger partial charge in [-0.15, -0.1) is 0 Å². The van der Waals surface area contributed by atoms with Crippen molar-refractivity contribution in [2.75, 3.05) is 23.3 Å². The van der Waals surface area contributed by atoms with Crippen LogP contribution in [0.3, 0.4) is 0 Å². The van der Waals surface area contributed by atoms with E-state index in [0.29, 0.717) is 6.54 Å². The summed E-state index contributed by atoms with van der Waals surface area (Å²) in [5.74, 6) is 2.00. The number of piperidine rings is 1. The van der Waals surface area contributed by atoms with Gasteiger partial charge in [-0.3, -0.25) is 4.98 Å². The van der Waals surface area contributed by atoms with Crippen LogP contribution in [0.25, 0.3) is 5.65 Å². The second kappa shape index (κ2) is 6.24. The molecule has 1 N–H and O–H groups in total. The maximum atomic E-state index is 4.75. The van der Waals surface area contributed by atoms with Crippen molar-refractivity contribution >= 4 is 17.3 Å². The highest BCUT2D eigenvalue weighted by Gasteiger charge is 2.15. The van der Waals surface area contributed by atoms with Crippen LogP contribution in [0.15, 0.2) is 42.9 Å². The van der Waals surface area contributed by atoms with Crippen molar-refractivity contribution in [2.24, 2.45) is 0 Å². The van der Waals surface area contributed by atoms with Gasteiger partial charge in [-0.2, -0.15) is 9.61 Å². The molecule has 3 aromatic rings. The highest BCUT2D eigenvalue weighted by atomic mass is 15.3. The summed E-state index contributed by atoms with van der Waals surface area (Å²) < 4.78 is 1.85. The number of aromatic nitrogens is 4. The first-order valence-electron chi connectivity index (χ1n) is 8.13. The molecule has 0 amide bonds. The molecule has 0 radical (unpaired) electrons. The summed E-state index contributed by atoms with van der Waals surface area (Å²) in [5, 5.41) is 7.84. The Morgan fingerprint density at radius 1 is 1.09 bits per heavy atom. The van der Waals surface area contributed by atoms with Gasteiger partial charge in [-0.1, -0.05) is 6.07 Å². The fraction of sp³-hybridized carbons (Fsp3) is 0.353. The molecule has 23 heavy (non-hydrogen) atoms. The normalized spacial score (nSPS) is 15.0. The van der Waals surface area contributed by atoms with Gasteiger partial charge in [0.25, 0.3) is 0 Å². The molecule has 6 nitrogen and oxygen atoms in total. The lowest BCUT2D eigenvalue weighted by Crippen LogP contribution is -2.30. The number of hydrogen-bond acceptors (Lipinski definition) is 5. The molecule has 0 aromatic carbocycles. The fourth-order valence-corrected chi connectivity index (χ4v) is 3.01. The number of fused-ring (bicyclic) bond motifs is 1. The molecular formula is C17H20N6. The predicted molar refractivity (Wildman–Crippen MR) is 90.6 cm³/mol. The predicted octanol–water partition coefficient (Wildman–Crippen LogP) is 2.73. The smallest absolute Gasteiger partial charge is 0.159 e. The number of anilines is 2. The molecular weight excluding hydrogens is 288 g/mol. The minimum absolute atomic E-state index is 0.715. The van der Waals surface area contributed by atoms with E-state index in [4.69, 9.17) is 4.98 Å². The maximum Gasteiger partial charge on any atom is 0.159 e. The topological polar surface area (TPSA) is 58.4 Å². The Kier molecular flexibility index (Phi) is 3.80. The zero-order chi connectivity index (χ0) is 15.5. The monoisotopic (exact) mass is 308 g/mol. The third-order valence-electron chi connectivity index (χ3n) is 4.22. The van der Waals surface area contributed by atoms with Crippen molar-refractivity contribution in [2.45, 2.75) is 25.8 Å². The number of nitrogens with zero attached hydrogens (tertiary/aromatic N) is 5. The molecule has 0 aliphatic carbocycles. The molecule has 4 heterocycles. The average molecular weight is 308 g/mol. The maximum absolute atomic E-state index is 4.75. The summed E-state index contributed by atoms with van der Waals surface area (Å²) in [6.07, 6.45) is 9.25. The quantitative estimate of drug-likeness (QED) is 0.803. The van der Waals surface area contributed by atoms with E-state index in [2.05, 4.69) is 32.4 Å². The Labute approximate surface area is 135 Å². The lowest BCUT2D eigenvalue weighted by molar-refractivity contribution is 0.573. The third kappa shape index (κ3) is 2.97. The Morgan fingerprint density at radius 3 is 2.83 bits per heavy atom. The molecule has 4 rings (SSSR count). The summed E-state index contributed by atoms with van der Waals surface area (Å²) in [5.41, 5.74) is 2.02. The van der Waals surface area contributed by atoms with Crippen LogP contribution in [0, 0.1) is 0 Å². The zero-order valence-corrected chi connectivity index (χ0v) is 13.0. The molecule has 1 saturated heterocycles. The van der Waals surface area contributed by atoms with Gasteiger partial charge in [0.05, 0.1) is 6.20 Å². The van der Waals surface area contributed by atoms with Gasteiger partial charge in [0.15, 0.2) is 5.65 Å². The van der Waals surface area contributed by atoms with Gasteiger partial charge in [0, 0.05) is 44.2 Å². The molecule has 0 atom stereocenters. The van der Waals surface area contributed by atoms with Gasteiger partial charge in [0.1, 0.15) is 11.6 Å². The Morgan fingerprint density at radius 2 is 2.00 bits per heavy atom. The number of nitrogens with one attached hydrogen (secondary N) is 1. The van der Waals surface area contributed by atoms with Crippen LogP contribution in [0.4, 0.5) is 11.6 Å². The molecule has 1 aliphatic heterocycles. The van der Waals surface area contributed by atoms with Crippen LogP contribution in [-0.2, 0) is 6.54 Å².